The Bertz CT molecular complexity index is 481. The molecule has 3 nitrogen and oxygen atoms in total. The van der Waals surface area contributed by atoms with E-state index < -0.39 is 0 Å². The van der Waals surface area contributed by atoms with Crippen LogP contribution in [0.5, 0.6) is 0 Å². The smallest absolute Gasteiger partial charge is 0.111 e. The van der Waals surface area contributed by atoms with E-state index >= 15 is 0 Å². The number of benzene rings is 1. The molecule has 2 rings (SSSR count). The van der Waals surface area contributed by atoms with E-state index in [1.54, 1.807) is 18.4 Å². The number of hydrogen-bond donors (Lipinski definition) is 1. The molecule has 16 heavy (non-hydrogen) atoms. The van der Waals surface area contributed by atoms with Gasteiger partial charge in [-0.2, -0.15) is 0 Å². The zero-order valence-corrected chi connectivity index (χ0v) is 10.4. The van der Waals surface area contributed by atoms with E-state index in [9.17, 15) is 0 Å². The SMILES string of the molecule is COCCC(N)c1nc2c(C)cccc2s1. The van der Waals surface area contributed by atoms with Crippen molar-refractivity contribution in [3.63, 3.8) is 0 Å². The van der Waals surface area contributed by atoms with Gasteiger partial charge in [0.1, 0.15) is 5.01 Å². The van der Waals surface area contributed by atoms with E-state index in [1.807, 2.05) is 0 Å². The summed E-state index contributed by atoms with van der Waals surface area (Å²) in [5.74, 6) is 0. The van der Waals surface area contributed by atoms with E-state index in [-0.39, 0.29) is 6.04 Å². The molecule has 1 atom stereocenters. The van der Waals surface area contributed by atoms with E-state index in [4.69, 9.17) is 10.5 Å². The van der Waals surface area contributed by atoms with Crippen molar-refractivity contribution in [2.24, 2.45) is 5.73 Å². The quantitative estimate of drug-likeness (QED) is 0.887. The number of ether oxygens (including phenoxy) is 1. The lowest BCUT2D eigenvalue weighted by Crippen LogP contribution is -2.12. The minimum atomic E-state index is -0.0169. The largest absolute Gasteiger partial charge is 0.385 e. The molecule has 0 saturated carbocycles. The maximum Gasteiger partial charge on any atom is 0.111 e. The molecule has 1 aromatic carbocycles. The Labute approximate surface area is 99.3 Å². The van der Waals surface area contributed by atoms with Crippen LogP contribution < -0.4 is 5.73 Å². The lowest BCUT2D eigenvalue weighted by atomic mass is 10.2. The number of methoxy groups -OCH3 is 1. The minimum Gasteiger partial charge on any atom is -0.385 e. The van der Waals surface area contributed by atoms with Gasteiger partial charge in [0.05, 0.1) is 16.3 Å². The van der Waals surface area contributed by atoms with Crippen molar-refractivity contribution >= 4 is 21.6 Å². The third-order valence-corrected chi connectivity index (χ3v) is 3.74. The first-order valence-corrected chi connectivity index (χ1v) is 6.14. The Morgan fingerprint density at radius 1 is 1.50 bits per heavy atom. The van der Waals surface area contributed by atoms with Gasteiger partial charge in [-0.05, 0) is 25.0 Å². The first-order chi connectivity index (χ1) is 7.72. The standard InChI is InChI=1S/C12H16N2OS/c1-8-4-3-5-10-11(8)14-12(16-10)9(13)6-7-15-2/h3-5,9H,6-7,13H2,1-2H3. The van der Waals surface area contributed by atoms with Crippen molar-refractivity contribution in [3.8, 4) is 0 Å². The third kappa shape index (κ3) is 2.24. The molecule has 0 amide bonds. The number of thiazole rings is 1. The second-order valence-corrected chi connectivity index (χ2v) is 4.92. The highest BCUT2D eigenvalue weighted by Gasteiger charge is 2.12. The van der Waals surface area contributed by atoms with E-state index in [0.717, 1.165) is 16.9 Å². The fourth-order valence-electron chi connectivity index (χ4n) is 1.63. The third-order valence-electron chi connectivity index (χ3n) is 2.59. The van der Waals surface area contributed by atoms with Gasteiger partial charge in [-0.1, -0.05) is 12.1 Å². The second kappa shape index (κ2) is 4.91. The second-order valence-electron chi connectivity index (χ2n) is 3.86. The monoisotopic (exact) mass is 236 g/mol. The lowest BCUT2D eigenvalue weighted by molar-refractivity contribution is 0.188. The van der Waals surface area contributed by atoms with E-state index in [0.29, 0.717) is 6.61 Å². The van der Waals surface area contributed by atoms with E-state index in [1.165, 1.54) is 10.3 Å². The van der Waals surface area contributed by atoms with Gasteiger partial charge in [0.25, 0.3) is 0 Å². The predicted octanol–water partition coefficient (Wildman–Crippen LogP) is 2.64. The molecule has 0 saturated heterocycles. The average Bonchev–Trinajstić information content (AvgIpc) is 2.71. The summed E-state index contributed by atoms with van der Waals surface area (Å²) < 4.78 is 6.24. The number of para-hydroxylation sites is 1. The van der Waals surface area contributed by atoms with Gasteiger partial charge >= 0.3 is 0 Å². The summed E-state index contributed by atoms with van der Waals surface area (Å²) in [4.78, 5) is 4.60. The van der Waals surface area contributed by atoms with Gasteiger partial charge in [0, 0.05) is 13.7 Å². The molecule has 0 aliphatic heterocycles. The molecule has 1 aromatic heterocycles. The molecular weight excluding hydrogens is 220 g/mol. The number of nitrogens with zero attached hydrogens (tertiary/aromatic N) is 1. The molecule has 4 heteroatoms. The summed E-state index contributed by atoms with van der Waals surface area (Å²) in [6, 6.07) is 6.20. The van der Waals surface area contributed by atoms with Crippen molar-refractivity contribution in [1.82, 2.24) is 4.98 Å². The van der Waals surface area contributed by atoms with Crippen LogP contribution in [0, 0.1) is 6.92 Å². The van der Waals surface area contributed by atoms with Crippen LogP contribution in [-0.4, -0.2) is 18.7 Å². The number of rotatable bonds is 4. The first-order valence-electron chi connectivity index (χ1n) is 5.33. The summed E-state index contributed by atoms with van der Waals surface area (Å²) in [5.41, 5.74) is 8.35. The first kappa shape index (κ1) is 11.5. The highest BCUT2D eigenvalue weighted by Crippen LogP contribution is 2.28. The van der Waals surface area contributed by atoms with Crippen LogP contribution in [0.4, 0.5) is 0 Å². The molecular formula is C12H16N2OS. The zero-order valence-electron chi connectivity index (χ0n) is 9.56. The van der Waals surface area contributed by atoms with Crippen LogP contribution in [0.25, 0.3) is 10.2 Å². The summed E-state index contributed by atoms with van der Waals surface area (Å²) in [6.45, 7) is 2.75. The van der Waals surface area contributed by atoms with Crippen LogP contribution in [0.2, 0.25) is 0 Å². The normalized spacial score (nSPS) is 13.2. The van der Waals surface area contributed by atoms with Crippen LogP contribution >= 0.6 is 11.3 Å². The molecule has 2 N–H and O–H groups in total. The number of aryl methyl sites for hydroxylation is 1. The highest BCUT2D eigenvalue weighted by atomic mass is 32.1. The summed E-state index contributed by atoms with van der Waals surface area (Å²) in [7, 11) is 1.69. The molecule has 0 radical (unpaired) electrons. The van der Waals surface area contributed by atoms with Crippen LogP contribution in [0.3, 0.4) is 0 Å². The number of aromatic nitrogens is 1. The van der Waals surface area contributed by atoms with Gasteiger partial charge in [-0.3, -0.25) is 0 Å². The highest BCUT2D eigenvalue weighted by molar-refractivity contribution is 7.18. The number of nitrogens with two attached hydrogens (primary N) is 1. The Morgan fingerprint density at radius 2 is 2.31 bits per heavy atom. The molecule has 86 valence electrons. The molecule has 1 heterocycles. The maximum absolute atomic E-state index is 6.06. The lowest BCUT2D eigenvalue weighted by Gasteiger charge is -2.06. The zero-order chi connectivity index (χ0) is 11.5. The van der Waals surface area contributed by atoms with Gasteiger partial charge in [-0.25, -0.2) is 4.98 Å². The van der Waals surface area contributed by atoms with Crippen LogP contribution in [-0.2, 0) is 4.74 Å². The number of fused-ring (bicyclic) bond motifs is 1. The summed E-state index contributed by atoms with van der Waals surface area (Å²) in [6.07, 6.45) is 0.815. The van der Waals surface area contributed by atoms with Crippen molar-refractivity contribution in [1.29, 1.82) is 0 Å². The van der Waals surface area contributed by atoms with Crippen LogP contribution in [0.1, 0.15) is 23.0 Å². The van der Waals surface area contributed by atoms with Crippen LogP contribution in [0.15, 0.2) is 18.2 Å². The van der Waals surface area contributed by atoms with Crippen molar-refractivity contribution in [2.75, 3.05) is 13.7 Å². The topological polar surface area (TPSA) is 48.1 Å². The molecule has 2 aromatic rings. The predicted molar refractivity (Wildman–Crippen MR) is 67.8 cm³/mol. The molecule has 0 aliphatic rings. The average molecular weight is 236 g/mol. The Balaban J connectivity index is 2.29. The van der Waals surface area contributed by atoms with Gasteiger partial charge in [0.2, 0.25) is 0 Å². The molecule has 0 fully saturated rings. The van der Waals surface area contributed by atoms with Gasteiger partial charge < -0.3 is 10.5 Å². The summed E-state index contributed by atoms with van der Waals surface area (Å²) in [5, 5.41) is 1.00. The fourth-order valence-corrected chi connectivity index (χ4v) is 2.71. The summed E-state index contributed by atoms with van der Waals surface area (Å²) >= 11 is 1.68. The minimum absolute atomic E-state index is 0.0169. The number of hydrogen-bond acceptors (Lipinski definition) is 4. The Morgan fingerprint density at radius 3 is 3.00 bits per heavy atom. The molecule has 1 unspecified atom stereocenters. The Kier molecular flexibility index (Phi) is 3.53. The van der Waals surface area contributed by atoms with Crippen molar-refractivity contribution in [3.05, 3.63) is 28.8 Å². The fraction of sp³-hybridized carbons (Fsp3) is 0.417. The maximum atomic E-state index is 6.06. The molecule has 0 aliphatic carbocycles. The molecule has 0 spiro atoms. The van der Waals surface area contributed by atoms with E-state index in [2.05, 4.69) is 30.1 Å². The molecule has 0 bridgehead atoms. The van der Waals surface area contributed by atoms with Gasteiger partial charge in [-0.15, -0.1) is 11.3 Å². The van der Waals surface area contributed by atoms with Gasteiger partial charge in [0.15, 0.2) is 0 Å². The Hall–Kier alpha value is -0.970. The van der Waals surface area contributed by atoms with Crippen molar-refractivity contribution in [2.45, 2.75) is 19.4 Å². The van der Waals surface area contributed by atoms with Crippen molar-refractivity contribution < 1.29 is 4.74 Å².